The number of nitrogens with zero attached hydrogens (tertiary/aromatic N) is 2. The number of benzene rings is 2. The van der Waals surface area contributed by atoms with Crippen LogP contribution >= 0.6 is 11.8 Å². The Bertz CT molecular complexity index is 912. The topological polar surface area (TPSA) is 63.2 Å². The summed E-state index contributed by atoms with van der Waals surface area (Å²) in [4.78, 5) is 20.4. The van der Waals surface area contributed by atoms with Crippen molar-refractivity contribution in [3.63, 3.8) is 0 Å². The largest absolute Gasteiger partial charge is 0.486 e. The molecule has 7 heteroatoms. The van der Waals surface area contributed by atoms with Gasteiger partial charge in [0.25, 0.3) is 5.91 Å². The molecule has 0 saturated carbocycles. The van der Waals surface area contributed by atoms with E-state index >= 15 is 0 Å². The molecule has 3 heterocycles. The molecule has 1 N–H and O–H groups in total. The number of anilines is 2. The lowest BCUT2D eigenvalue weighted by molar-refractivity contribution is 0.102. The zero-order valence-corrected chi connectivity index (χ0v) is 14.1. The summed E-state index contributed by atoms with van der Waals surface area (Å²) >= 11 is 1.68. The van der Waals surface area contributed by atoms with Crippen LogP contribution in [0.4, 0.5) is 11.4 Å². The van der Waals surface area contributed by atoms with Crippen LogP contribution in [0, 0.1) is 0 Å². The highest BCUT2D eigenvalue weighted by Crippen LogP contribution is 2.43. The molecule has 6 nitrogen and oxygen atoms in total. The Hall–Kier alpha value is -2.67. The molecule has 0 unspecified atom stereocenters. The molecule has 0 atom stereocenters. The Morgan fingerprint density at radius 1 is 1.12 bits per heavy atom. The summed E-state index contributed by atoms with van der Waals surface area (Å²) in [6.07, 6.45) is 0. The molecule has 0 aliphatic carbocycles. The number of amidine groups is 1. The first-order valence-electron chi connectivity index (χ1n) is 8.13. The van der Waals surface area contributed by atoms with E-state index in [1.165, 1.54) is 4.90 Å². The van der Waals surface area contributed by atoms with Gasteiger partial charge in [-0.25, -0.2) is 0 Å². The lowest BCUT2D eigenvalue weighted by Crippen LogP contribution is -2.21. The van der Waals surface area contributed by atoms with Gasteiger partial charge in [0.1, 0.15) is 13.2 Å². The van der Waals surface area contributed by atoms with E-state index in [-0.39, 0.29) is 5.91 Å². The molecule has 0 fully saturated rings. The average Bonchev–Trinajstić information content (AvgIpc) is 3.22. The molecule has 3 aliphatic rings. The molecule has 5 rings (SSSR count). The van der Waals surface area contributed by atoms with Crippen LogP contribution in [0.1, 0.15) is 10.4 Å². The SMILES string of the molecule is O=C(Nc1ccc2c(c1)N1CCN=C1S2)c1ccc2c(c1)OCCO2. The van der Waals surface area contributed by atoms with E-state index in [0.717, 1.165) is 29.6 Å². The number of fused-ring (bicyclic) bond motifs is 4. The molecule has 0 saturated heterocycles. The number of rotatable bonds is 2. The Kier molecular flexibility index (Phi) is 3.34. The van der Waals surface area contributed by atoms with Crippen molar-refractivity contribution in [3.05, 3.63) is 42.0 Å². The normalized spacial score (nSPS) is 17.0. The number of nitrogens with one attached hydrogen (secondary N) is 1. The Morgan fingerprint density at radius 2 is 2.00 bits per heavy atom. The predicted molar refractivity (Wildman–Crippen MR) is 97.3 cm³/mol. The zero-order chi connectivity index (χ0) is 16.8. The van der Waals surface area contributed by atoms with Gasteiger partial charge >= 0.3 is 0 Å². The van der Waals surface area contributed by atoms with Gasteiger partial charge in [-0.2, -0.15) is 0 Å². The van der Waals surface area contributed by atoms with E-state index in [9.17, 15) is 4.79 Å². The minimum Gasteiger partial charge on any atom is -0.486 e. The van der Waals surface area contributed by atoms with Gasteiger partial charge in [0.2, 0.25) is 0 Å². The fraction of sp³-hybridized carbons (Fsp3) is 0.222. The summed E-state index contributed by atoms with van der Waals surface area (Å²) in [6, 6.07) is 11.2. The van der Waals surface area contributed by atoms with Crippen LogP contribution in [-0.4, -0.2) is 37.4 Å². The van der Waals surface area contributed by atoms with E-state index in [4.69, 9.17) is 9.47 Å². The number of hydrogen-bond acceptors (Lipinski definition) is 6. The monoisotopic (exact) mass is 353 g/mol. The Labute approximate surface area is 148 Å². The molecule has 0 radical (unpaired) electrons. The Morgan fingerprint density at radius 3 is 2.92 bits per heavy atom. The highest BCUT2D eigenvalue weighted by atomic mass is 32.2. The smallest absolute Gasteiger partial charge is 0.255 e. The quantitative estimate of drug-likeness (QED) is 0.899. The first-order chi connectivity index (χ1) is 12.3. The fourth-order valence-electron chi connectivity index (χ4n) is 3.12. The van der Waals surface area contributed by atoms with Crippen LogP contribution in [0.15, 0.2) is 46.3 Å². The summed E-state index contributed by atoms with van der Waals surface area (Å²) in [6.45, 7) is 2.76. The second-order valence-corrected chi connectivity index (χ2v) is 6.92. The van der Waals surface area contributed by atoms with Gasteiger partial charge in [0.05, 0.1) is 12.2 Å². The number of ether oxygens (including phenoxy) is 2. The molecule has 0 spiro atoms. The van der Waals surface area contributed by atoms with Crippen molar-refractivity contribution in [1.82, 2.24) is 0 Å². The molecule has 25 heavy (non-hydrogen) atoms. The number of aliphatic imine (C=N–C) groups is 1. The number of amides is 1. The van der Waals surface area contributed by atoms with Crippen molar-refractivity contribution in [2.45, 2.75) is 4.90 Å². The van der Waals surface area contributed by atoms with Crippen LogP contribution in [0.5, 0.6) is 11.5 Å². The van der Waals surface area contributed by atoms with Crippen molar-refractivity contribution in [3.8, 4) is 11.5 Å². The number of hydrogen-bond donors (Lipinski definition) is 1. The Balaban J connectivity index is 1.38. The van der Waals surface area contributed by atoms with Gasteiger partial charge in [-0.15, -0.1) is 0 Å². The molecular formula is C18H15N3O3S. The van der Waals surface area contributed by atoms with Crippen molar-refractivity contribution in [1.29, 1.82) is 0 Å². The molecule has 0 aromatic heterocycles. The third-order valence-electron chi connectivity index (χ3n) is 4.31. The van der Waals surface area contributed by atoms with Crippen LogP contribution < -0.4 is 19.7 Å². The van der Waals surface area contributed by atoms with E-state index in [1.54, 1.807) is 30.0 Å². The molecule has 126 valence electrons. The maximum absolute atomic E-state index is 12.6. The minimum atomic E-state index is -0.169. The summed E-state index contributed by atoms with van der Waals surface area (Å²) in [7, 11) is 0. The molecular weight excluding hydrogens is 338 g/mol. The van der Waals surface area contributed by atoms with E-state index in [1.807, 2.05) is 18.2 Å². The van der Waals surface area contributed by atoms with Crippen molar-refractivity contribution >= 4 is 34.2 Å². The summed E-state index contributed by atoms with van der Waals surface area (Å²) in [5.41, 5.74) is 2.43. The zero-order valence-electron chi connectivity index (χ0n) is 13.3. The molecule has 1 amide bonds. The maximum atomic E-state index is 12.6. The second-order valence-electron chi connectivity index (χ2n) is 5.91. The van der Waals surface area contributed by atoms with Crippen LogP contribution in [0.2, 0.25) is 0 Å². The predicted octanol–water partition coefficient (Wildman–Crippen LogP) is 2.99. The standard InChI is InChI=1S/C18H15N3O3S/c22-17(11-1-3-14-15(9-11)24-8-7-23-14)20-12-2-4-16-13(10-12)21-6-5-19-18(21)25-16/h1-4,9-10H,5-8H2,(H,20,22). The summed E-state index contributed by atoms with van der Waals surface area (Å²) < 4.78 is 11.0. The van der Waals surface area contributed by atoms with E-state index < -0.39 is 0 Å². The number of carbonyl (C=O) groups excluding carboxylic acids is 1. The third kappa shape index (κ3) is 2.51. The van der Waals surface area contributed by atoms with Crippen LogP contribution in [0.25, 0.3) is 0 Å². The van der Waals surface area contributed by atoms with Gasteiger partial charge in [-0.1, -0.05) is 0 Å². The molecule has 2 aromatic rings. The number of carbonyl (C=O) groups is 1. The first-order valence-corrected chi connectivity index (χ1v) is 8.94. The summed E-state index contributed by atoms with van der Waals surface area (Å²) in [5, 5.41) is 4.01. The van der Waals surface area contributed by atoms with Gasteiger partial charge in [-0.3, -0.25) is 9.79 Å². The summed E-state index contributed by atoms with van der Waals surface area (Å²) in [5.74, 6) is 1.12. The highest BCUT2D eigenvalue weighted by molar-refractivity contribution is 8.14. The van der Waals surface area contributed by atoms with E-state index in [2.05, 4.69) is 15.2 Å². The lowest BCUT2D eigenvalue weighted by atomic mass is 10.1. The first kappa shape index (κ1) is 14.7. The highest BCUT2D eigenvalue weighted by Gasteiger charge is 2.29. The van der Waals surface area contributed by atoms with Gasteiger partial charge < -0.3 is 19.7 Å². The molecule has 3 aliphatic heterocycles. The maximum Gasteiger partial charge on any atom is 0.255 e. The van der Waals surface area contributed by atoms with Crippen molar-refractivity contribution in [2.24, 2.45) is 4.99 Å². The van der Waals surface area contributed by atoms with E-state index in [0.29, 0.717) is 30.3 Å². The van der Waals surface area contributed by atoms with Gasteiger partial charge in [0.15, 0.2) is 16.7 Å². The van der Waals surface area contributed by atoms with Crippen LogP contribution in [0.3, 0.4) is 0 Å². The minimum absolute atomic E-state index is 0.169. The molecule has 0 bridgehead atoms. The van der Waals surface area contributed by atoms with Crippen molar-refractivity contribution in [2.75, 3.05) is 36.5 Å². The fourth-order valence-corrected chi connectivity index (χ4v) is 4.18. The van der Waals surface area contributed by atoms with Gasteiger partial charge in [-0.05, 0) is 48.2 Å². The third-order valence-corrected chi connectivity index (χ3v) is 5.41. The second kappa shape index (κ2) is 5.70. The average molecular weight is 353 g/mol. The van der Waals surface area contributed by atoms with Crippen molar-refractivity contribution < 1.29 is 14.3 Å². The molecule has 2 aromatic carbocycles. The van der Waals surface area contributed by atoms with Crippen LogP contribution in [-0.2, 0) is 0 Å². The van der Waals surface area contributed by atoms with Gasteiger partial charge in [0, 0.05) is 22.7 Å². The number of thioether (sulfide) groups is 1. The lowest BCUT2D eigenvalue weighted by Gasteiger charge is -2.18.